The van der Waals surface area contributed by atoms with Gasteiger partial charge in [-0.25, -0.2) is 0 Å². The van der Waals surface area contributed by atoms with Gasteiger partial charge in [0.15, 0.2) is 0 Å². The van der Waals surface area contributed by atoms with Crippen LogP contribution < -0.4 is 20.7 Å². The molecule has 0 aliphatic rings. The van der Waals surface area contributed by atoms with E-state index in [4.69, 9.17) is 4.74 Å². The zero-order valence-electron chi connectivity index (χ0n) is 23.0. The van der Waals surface area contributed by atoms with Gasteiger partial charge in [0.25, 0.3) is 0 Å². The van der Waals surface area contributed by atoms with Crippen molar-refractivity contribution in [3.63, 3.8) is 0 Å². The number of ketones is 1. The Morgan fingerprint density at radius 1 is 0.821 bits per heavy atom. The molecule has 0 aliphatic heterocycles. The van der Waals surface area contributed by atoms with Gasteiger partial charge in [-0.3, -0.25) is 0 Å². The van der Waals surface area contributed by atoms with Crippen LogP contribution in [0.1, 0.15) is 56.0 Å². The molecule has 0 aromatic heterocycles. The van der Waals surface area contributed by atoms with Crippen LogP contribution in [0.3, 0.4) is 0 Å². The molecule has 1 unspecified atom stereocenters. The SMILES string of the molecule is CCCc1c(OC(CC)CCP(Br)(c2ccccc2)(c2ccccc2)c2ccccc2)ccc(C(C)=O)c1O. The van der Waals surface area contributed by atoms with Crippen LogP contribution in [0.2, 0.25) is 0 Å². The molecule has 4 rings (SSSR count). The Kier molecular flexibility index (Phi) is 9.31. The zero-order chi connectivity index (χ0) is 27.9. The second-order valence-corrected chi connectivity index (χ2v) is 19.2. The molecule has 1 N–H and O–H groups in total. The fraction of sp³-hybridized carbons (Fsp3) is 0.265. The van der Waals surface area contributed by atoms with Crippen molar-refractivity contribution < 1.29 is 14.6 Å². The van der Waals surface area contributed by atoms with E-state index in [1.807, 2.05) is 6.07 Å². The van der Waals surface area contributed by atoms with E-state index in [0.717, 1.165) is 25.4 Å². The van der Waals surface area contributed by atoms with E-state index in [0.29, 0.717) is 23.3 Å². The van der Waals surface area contributed by atoms with Crippen LogP contribution in [0.15, 0.2) is 103 Å². The predicted octanol–water partition coefficient (Wildman–Crippen LogP) is 7.93. The molecular weight excluding hydrogens is 567 g/mol. The third-order valence-electron chi connectivity index (χ3n) is 7.62. The van der Waals surface area contributed by atoms with Crippen LogP contribution in [-0.4, -0.2) is 23.2 Å². The third-order valence-corrected chi connectivity index (χ3v) is 17.6. The Labute approximate surface area is 240 Å². The van der Waals surface area contributed by atoms with Gasteiger partial charge in [-0.1, -0.05) is 0 Å². The summed E-state index contributed by atoms with van der Waals surface area (Å²) in [6, 6.07) is 35.9. The average molecular weight is 606 g/mol. The monoisotopic (exact) mass is 604 g/mol. The molecule has 4 aromatic carbocycles. The number of benzene rings is 4. The summed E-state index contributed by atoms with van der Waals surface area (Å²) in [7, 11) is 0. The average Bonchev–Trinajstić information content (AvgIpc) is 2.98. The fourth-order valence-electron chi connectivity index (χ4n) is 5.47. The Balaban J connectivity index is 1.78. The van der Waals surface area contributed by atoms with Crippen molar-refractivity contribution >= 4 is 42.5 Å². The Morgan fingerprint density at radius 3 is 1.72 bits per heavy atom. The molecular formula is C34H38BrO3P. The van der Waals surface area contributed by atoms with E-state index >= 15 is 0 Å². The quantitative estimate of drug-likeness (QED) is 0.132. The molecule has 0 saturated heterocycles. The summed E-state index contributed by atoms with van der Waals surface area (Å²) in [5.74, 6) is 0.573. The van der Waals surface area contributed by atoms with Crippen LogP contribution in [0.25, 0.3) is 0 Å². The maximum absolute atomic E-state index is 12.1. The van der Waals surface area contributed by atoms with Gasteiger partial charge in [-0.2, -0.15) is 0 Å². The molecule has 204 valence electrons. The number of phenols is 1. The summed E-state index contributed by atoms with van der Waals surface area (Å²) in [6.07, 6.45) is 3.91. The predicted molar refractivity (Wildman–Crippen MR) is 170 cm³/mol. The minimum atomic E-state index is -3.07. The van der Waals surface area contributed by atoms with Crippen LogP contribution in [-0.2, 0) is 6.42 Å². The summed E-state index contributed by atoms with van der Waals surface area (Å²) >= 11 is 4.53. The van der Waals surface area contributed by atoms with E-state index in [1.165, 1.54) is 22.8 Å². The maximum atomic E-state index is 12.1. The van der Waals surface area contributed by atoms with Crippen molar-refractivity contribution in [2.45, 2.75) is 52.6 Å². The van der Waals surface area contributed by atoms with Crippen LogP contribution in [0.4, 0.5) is 0 Å². The number of ether oxygens (including phenoxy) is 1. The molecule has 0 bridgehead atoms. The van der Waals surface area contributed by atoms with E-state index in [-0.39, 0.29) is 17.6 Å². The number of hydrogen-bond donors (Lipinski definition) is 1. The minimum absolute atomic E-state index is 0.0506. The van der Waals surface area contributed by atoms with Crippen LogP contribution >= 0.6 is 20.8 Å². The van der Waals surface area contributed by atoms with Gasteiger partial charge in [0.2, 0.25) is 0 Å². The van der Waals surface area contributed by atoms with Gasteiger partial charge >= 0.3 is 242 Å². The first-order chi connectivity index (χ1) is 18.8. The van der Waals surface area contributed by atoms with Gasteiger partial charge in [0, 0.05) is 0 Å². The molecule has 4 aromatic rings. The molecule has 0 fully saturated rings. The van der Waals surface area contributed by atoms with Gasteiger partial charge < -0.3 is 0 Å². The van der Waals surface area contributed by atoms with Crippen molar-refractivity contribution in [3.8, 4) is 11.5 Å². The van der Waals surface area contributed by atoms with Crippen molar-refractivity contribution in [3.05, 3.63) is 114 Å². The first kappa shape index (κ1) is 29.1. The molecule has 0 saturated carbocycles. The fourth-order valence-corrected chi connectivity index (χ4v) is 13.0. The summed E-state index contributed by atoms with van der Waals surface area (Å²) in [4.78, 5) is 12.1. The Morgan fingerprint density at radius 2 is 1.31 bits per heavy atom. The molecule has 3 nitrogen and oxygen atoms in total. The second kappa shape index (κ2) is 12.5. The van der Waals surface area contributed by atoms with Crippen molar-refractivity contribution in [1.82, 2.24) is 0 Å². The van der Waals surface area contributed by atoms with E-state index in [9.17, 15) is 9.90 Å². The van der Waals surface area contributed by atoms with Gasteiger partial charge in [-0.05, 0) is 0 Å². The molecule has 1 atom stereocenters. The number of carbonyl (C=O) groups excluding carboxylic acids is 1. The summed E-state index contributed by atoms with van der Waals surface area (Å²) in [5.41, 5.74) is 1.07. The van der Waals surface area contributed by atoms with Crippen LogP contribution in [0.5, 0.6) is 11.5 Å². The van der Waals surface area contributed by atoms with E-state index in [1.54, 1.807) is 6.07 Å². The Bertz CT molecular complexity index is 1290. The Hall–Kier alpha value is -2.94. The number of rotatable bonds is 12. The standard InChI is InChI=1S/C34H38BrO3P/c1-4-15-32-33(23-22-31(26(3)36)34(32)37)38-27(5-2)24-25-39(35,28-16-9-6-10-17-28,29-18-11-7-12-19-29)30-20-13-8-14-21-30/h6-14,16-23,27,37H,4-5,15,24-25H2,1-3H3. The van der Waals surface area contributed by atoms with Crippen molar-refractivity contribution in [2.75, 3.05) is 6.16 Å². The first-order valence-electron chi connectivity index (χ1n) is 13.8. The molecule has 5 heteroatoms. The first-order valence-corrected chi connectivity index (χ1v) is 18.2. The molecule has 0 spiro atoms. The summed E-state index contributed by atoms with van der Waals surface area (Å²) in [6.45, 7) is 5.69. The number of hydrogen-bond acceptors (Lipinski definition) is 3. The molecule has 0 heterocycles. The van der Waals surface area contributed by atoms with Crippen molar-refractivity contribution in [1.29, 1.82) is 0 Å². The molecule has 0 aliphatic carbocycles. The van der Waals surface area contributed by atoms with E-state index < -0.39 is 5.31 Å². The summed E-state index contributed by atoms with van der Waals surface area (Å²) < 4.78 is 6.64. The second-order valence-electron chi connectivity index (χ2n) is 10.1. The van der Waals surface area contributed by atoms with E-state index in [2.05, 4.69) is 120 Å². The number of halogens is 1. The molecule has 0 radical (unpaired) electrons. The topological polar surface area (TPSA) is 46.5 Å². The van der Waals surface area contributed by atoms with Gasteiger partial charge in [0.05, 0.1) is 0 Å². The number of Topliss-reactive ketones (excluding diaryl/α,β-unsaturated/α-hetero) is 1. The van der Waals surface area contributed by atoms with Gasteiger partial charge in [-0.15, -0.1) is 0 Å². The molecule has 0 amide bonds. The molecule has 39 heavy (non-hydrogen) atoms. The summed E-state index contributed by atoms with van der Waals surface area (Å²) in [5, 5.41) is 11.7. The number of aromatic hydroxyl groups is 1. The normalized spacial score (nSPS) is 13.3. The zero-order valence-corrected chi connectivity index (χ0v) is 25.5. The number of carbonyl (C=O) groups is 1. The van der Waals surface area contributed by atoms with Gasteiger partial charge in [0.1, 0.15) is 0 Å². The third kappa shape index (κ3) is 5.69. The number of phenolic OH excluding ortho intramolecular Hbond substituents is 1. The van der Waals surface area contributed by atoms with Crippen LogP contribution in [0, 0.1) is 0 Å². The van der Waals surface area contributed by atoms with Crippen molar-refractivity contribution in [2.24, 2.45) is 0 Å².